The van der Waals surface area contributed by atoms with Crippen molar-refractivity contribution < 1.29 is 4.39 Å². The minimum Gasteiger partial charge on any atom is -0.388 e. The first-order chi connectivity index (χ1) is 16.4. The van der Waals surface area contributed by atoms with E-state index < -0.39 is 0 Å². The Morgan fingerprint density at radius 2 is 1.79 bits per heavy atom. The Morgan fingerprint density at radius 3 is 2.53 bits per heavy atom. The van der Waals surface area contributed by atoms with E-state index in [0.29, 0.717) is 28.1 Å². The first-order valence-corrected chi connectivity index (χ1v) is 11.0. The van der Waals surface area contributed by atoms with Crippen LogP contribution in [0.2, 0.25) is 0 Å². The molecule has 4 rings (SSSR count). The third-order valence-corrected chi connectivity index (χ3v) is 5.75. The van der Waals surface area contributed by atoms with Gasteiger partial charge in [0.2, 0.25) is 0 Å². The highest BCUT2D eigenvalue weighted by Gasteiger charge is 2.15. The molecule has 0 saturated carbocycles. The van der Waals surface area contributed by atoms with Crippen molar-refractivity contribution in [2.45, 2.75) is 13.8 Å². The van der Waals surface area contributed by atoms with Gasteiger partial charge < -0.3 is 10.3 Å². The number of halogens is 1. The molecule has 0 fully saturated rings. The van der Waals surface area contributed by atoms with Crippen molar-refractivity contribution in [3.05, 3.63) is 120 Å². The van der Waals surface area contributed by atoms with Crippen molar-refractivity contribution in [2.75, 3.05) is 7.05 Å². The number of para-hydroxylation sites is 1. The number of aromatic nitrogens is 3. The van der Waals surface area contributed by atoms with Gasteiger partial charge in [0.1, 0.15) is 11.6 Å². The molecule has 2 aromatic carbocycles. The van der Waals surface area contributed by atoms with Crippen LogP contribution in [0.4, 0.5) is 4.39 Å². The second kappa shape index (κ2) is 9.71. The lowest BCUT2D eigenvalue weighted by Crippen LogP contribution is -2.09. The maximum atomic E-state index is 14.4. The number of likely N-dealkylation sites (N-methyl/N-ethyl adjacent to an activating group) is 1. The Labute approximate surface area is 199 Å². The highest BCUT2D eigenvalue weighted by Crippen LogP contribution is 2.31. The number of nitrogens with zero attached hydrogens (tertiary/aromatic N) is 2. The highest BCUT2D eigenvalue weighted by molar-refractivity contribution is 5.94. The fourth-order valence-electron chi connectivity index (χ4n) is 3.79. The first-order valence-electron chi connectivity index (χ1n) is 11.0. The van der Waals surface area contributed by atoms with Gasteiger partial charge in [0.15, 0.2) is 0 Å². The Hall–Kier alpha value is -4.25. The topological polar surface area (TPSA) is 53.6 Å². The molecule has 0 aliphatic heterocycles. The third kappa shape index (κ3) is 4.59. The number of nitrogens with one attached hydrogen (secondary N) is 2. The lowest BCUT2D eigenvalue weighted by Gasteiger charge is -2.11. The van der Waals surface area contributed by atoms with Gasteiger partial charge in [-0.3, -0.25) is 4.98 Å². The van der Waals surface area contributed by atoms with Crippen LogP contribution in [0.25, 0.3) is 33.3 Å². The summed E-state index contributed by atoms with van der Waals surface area (Å²) in [7, 11) is 1.84. The third-order valence-electron chi connectivity index (χ3n) is 5.75. The number of pyridine rings is 1. The minimum atomic E-state index is -0.283. The average molecular weight is 451 g/mol. The Balaban J connectivity index is 1.65. The quantitative estimate of drug-likeness (QED) is 0.303. The molecule has 0 aliphatic rings. The summed E-state index contributed by atoms with van der Waals surface area (Å²) in [5.41, 5.74) is 8.18. The molecule has 0 atom stereocenters. The van der Waals surface area contributed by atoms with E-state index in [9.17, 15) is 4.39 Å². The fourth-order valence-corrected chi connectivity index (χ4v) is 3.79. The van der Waals surface area contributed by atoms with Crippen molar-refractivity contribution in [1.29, 1.82) is 0 Å². The summed E-state index contributed by atoms with van der Waals surface area (Å²) < 4.78 is 14.4. The maximum Gasteiger partial charge on any atom is 0.138 e. The van der Waals surface area contributed by atoms with Crippen LogP contribution >= 0.6 is 0 Å². The first kappa shape index (κ1) is 22.9. The molecule has 0 spiro atoms. The summed E-state index contributed by atoms with van der Waals surface area (Å²) in [4.78, 5) is 12.3. The molecule has 0 saturated heterocycles. The van der Waals surface area contributed by atoms with Crippen LogP contribution in [0.1, 0.15) is 23.9 Å². The molecule has 2 heterocycles. The summed E-state index contributed by atoms with van der Waals surface area (Å²) >= 11 is 0. The van der Waals surface area contributed by atoms with Crippen molar-refractivity contribution >= 4 is 22.2 Å². The molecule has 4 aromatic rings. The van der Waals surface area contributed by atoms with Crippen LogP contribution in [-0.4, -0.2) is 22.0 Å². The average Bonchev–Trinajstić information content (AvgIpc) is 3.28. The van der Waals surface area contributed by atoms with Gasteiger partial charge in [0.25, 0.3) is 0 Å². The van der Waals surface area contributed by atoms with Crippen LogP contribution in [-0.2, 0) is 0 Å². The molecular weight excluding hydrogens is 423 g/mol. The monoisotopic (exact) mass is 450 g/mol. The zero-order valence-electron chi connectivity index (χ0n) is 19.6. The number of H-pyrrole nitrogens is 1. The molecular formula is C29H27FN4. The van der Waals surface area contributed by atoms with Gasteiger partial charge >= 0.3 is 0 Å². The van der Waals surface area contributed by atoms with E-state index >= 15 is 0 Å². The summed E-state index contributed by atoms with van der Waals surface area (Å²) in [5.74, 6) is 0.308. The summed E-state index contributed by atoms with van der Waals surface area (Å²) in [5, 5.41) is 3.20. The standard InChI is InChI=1S/C29H27FN4/c1-18-15-22(17-32-16-18)19(2)13-14-26(31-5)20(3)21(4)29-33-27-12-8-10-24(28(27)34-29)23-9-6-7-11-25(23)30/h6-17,31H,3-4H2,1-2,5H3,(H,33,34)/b19-13+,26-14+. The number of allylic oxidation sites excluding steroid dienone is 4. The van der Waals surface area contributed by atoms with Crippen LogP contribution in [0.15, 0.2) is 97.5 Å². The zero-order valence-corrected chi connectivity index (χ0v) is 19.6. The molecule has 34 heavy (non-hydrogen) atoms. The van der Waals surface area contributed by atoms with E-state index in [1.807, 2.05) is 69.7 Å². The number of rotatable bonds is 7. The summed E-state index contributed by atoms with van der Waals surface area (Å²) in [6.45, 7) is 12.5. The van der Waals surface area contributed by atoms with E-state index in [1.54, 1.807) is 12.1 Å². The van der Waals surface area contributed by atoms with Crippen LogP contribution in [0.3, 0.4) is 0 Å². The van der Waals surface area contributed by atoms with E-state index in [4.69, 9.17) is 4.98 Å². The van der Waals surface area contributed by atoms with Gasteiger partial charge in [0.05, 0.1) is 11.0 Å². The lowest BCUT2D eigenvalue weighted by molar-refractivity contribution is 0.631. The Kier molecular flexibility index (Phi) is 6.55. The molecule has 4 nitrogen and oxygen atoms in total. The van der Waals surface area contributed by atoms with E-state index in [2.05, 4.69) is 34.5 Å². The van der Waals surface area contributed by atoms with Gasteiger partial charge in [-0.25, -0.2) is 9.37 Å². The zero-order chi connectivity index (χ0) is 24.2. The van der Waals surface area contributed by atoms with Crippen LogP contribution in [0.5, 0.6) is 0 Å². The number of benzene rings is 2. The summed E-state index contributed by atoms with van der Waals surface area (Å²) in [6.07, 6.45) is 7.68. The highest BCUT2D eigenvalue weighted by atomic mass is 19.1. The number of imidazole rings is 1. The predicted octanol–water partition coefficient (Wildman–Crippen LogP) is 6.85. The fraction of sp³-hybridized carbons (Fsp3) is 0.103. The molecule has 0 aliphatic carbocycles. The normalized spacial score (nSPS) is 12.1. The van der Waals surface area contributed by atoms with E-state index in [0.717, 1.165) is 33.5 Å². The maximum absolute atomic E-state index is 14.4. The molecule has 2 N–H and O–H groups in total. The van der Waals surface area contributed by atoms with Crippen molar-refractivity contribution in [2.24, 2.45) is 0 Å². The second-order valence-electron chi connectivity index (χ2n) is 8.16. The van der Waals surface area contributed by atoms with E-state index in [1.165, 1.54) is 6.07 Å². The van der Waals surface area contributed by atoms with Gasteiger partial charge in [-0.1, -0.05) is 49.6 Å². The van der Waals surface area contributed by atoms with Gasteiger partial charge in [-0.2, -0.15) is 0 Å². The molecule has 0 radical (unpaired) electrons. The smallest absolute Gasteiger partial charge is 0.138 e. The van der Waals surface area contributed by atoms with Crippen molar-refractivity contribution in [3.63, 3.8) is 0 Å². The van der Waals surface area contributed by atoms with Gasteiger partial charge in [-0.05, 0) is 54.8 Å². The molecule has 2 aromatic heterocycles. The number of hydrogen-bond donors (Lipinski definition) is 2. The molecule has 170 valence electrons. The van der Waals surface area contributed by atoms with E-state index in [-0.39, 0.29) is 5.82 Å². The molecule has 0 bridgehead atoms. The van der Waals surface area contributed by atoms with Crippen molar-refractivity contribution in [3.8, 4) is 11.1 Å². The summed E-state index contributed by atoms with van der Waals surface area (Å²) in [6, 6.07) is 14.5. The molecule has 0 unspecified atom stereocenters. The molecule has 5 heteroatoms. The second-order valence-corrected chi connectivity index (χ2v) is 8.16. The molecule has 0 amide bonds. The number of fused-ring (bicyclic) bond motifs is 1. The SMILES string of the molecule is C=C(C(=C)c1nc2c(-c3ccccc3F)cccc2[nH]1)/C(=C\C=C(/C)c1cncc(C)c1)NC. The van der Waals surface area contributed by atoms with Crippen LogP contribution < -0.4 is 5.32 Å². The number of hydrogen-bond acceptors (Lipinski definition) is 3. The number of aryl methyl sites for hydroxylation is 1. The number of aromatic amines is 1. The van der Waals surface area contributed by atoms with Crippen LogP contribution in [0, 0.1) is 12.7 Å². The Bertz CT molecular complexity index is 1460. The largest absolute Gasteiger partial charge is 0.388 e. The van der Waals surface area contributed by atoms with Crippen molar-refractivity contribution in [1.82, 2.24) is 20.3 Å². The predicted molar refractivity (Wildman–Crippen MR) is 139 cm³/mol. The lowest BCUT2D eigenvalue weighted by atomic mass is 10.0. The van der Waals surface area contributed by atoms with Gasteiger partial charge in [-0.15, -0.1) is 0 Å². The minimum absolute atomic E-state index is 0.283. The Morgan fingerprint density at radius 1 is 1.03 bits per heavy atom. The van der Waals surface area contributed by atoms with Gasteiger partial charge in [0, 0.05) is 47.4 Å².